The first-order chi connectivity index (χ1) is 7.58. The molecular formula is C14H32O2. The van der Waals surface area contributed by atoms with Gasteiger partial charge in [-0.15, -0.1) is 0 Å². The van der Waals surface area contributed by atoms with Crippen LogP contribution < -0.4 is 0 Å². The summed E-state index contributed by atoms with van der Waals surface area (Å²) < 4.78 is 0. The number of rotatable bonds is 8. The van der Waals surface area contributed by atoms with E-state index >= 15 is 0 Å². The van der Waals surface area contributed by atoms with Crippen LogP contribution in [0.25, 0.3) is 0 Å². The first-order valence-electron chi connectivity index (χ1n) is 6.87. The lowest BCUT2D eigenvalue weighted by molar-refractivity contribution is 0.180. The Morgan fingerprint density at radius 3 is 1.81 bits per heavy atom. The van der Waals surface area contributed by atoms with Crippen molar-refractivity contribution in [2.75, 3.05) is 6.61 Å². The van der Waals surface area contributed by atoms with Gasteiger partial charge in [-0.05, 0) is 25.7 Å². The van der Waals surface area contributed by atoms with Crippen molar-refractivity contribution in [3.05, 3.63) is 0 Å². The maximum Gasteiger partial charge on any atom is 0.0512 e. The highest BCUT2D eigenvalue weighted by molar-refractivity contribution is 4.48. The summed E-state index contributed by atoms with van der Waals surface area (Å²) in [7, 11) is 0. The molecule has 2 heteroatoms. The molecule has 0 radical (unpaired) electrons. The minimum atomic E-state index is -0.0958. The fraction of sp³-hybridized carbons (Fsp3) is 1.00. The highest BCUT2D eigenvalue weighted by Gasteiger charge is 1.96. The number of aliphatic hydroxyl groups is 2. The Morgan fingerprint density at radius 2 is 1.44 bits per heavy atom. The molecule has 0 saturated heterocycles. The Kier molecular flexibility index (Phi) is 17.1. The van der Waals surface area contributed by atoms with Gasteiger partial charge in [0.1, 0.15) is 0 Å². The van der Waals surface area contributed by atoms with Crippen molar-refractivity contribution in [1.29, 1.82) is 0 Å². The van der Waals surface area contributed by atoms with Crippen LogP contribution in [-0.2, 0) is 0 Å². The van der Waals surface area contributed by atoms with Crippen molar-refractivity contribution in [3.63, 3.8) is 0 Å². The van der Waals surface area contributed by atoms with Crippen molar-refractivity contribution < 1.29 is 10.2 Å². The van der Waals surface area contributed by atoms with E-state index in [2.05, 4.69) is 20.8 Å². The van der Waals surface area contributed by atoms with Crippen LogP contribution >= 0.6 is 0 Å². The van der Waals surface area contributed by atoms with Crippen LogP contribution in [0.3, 0.4) is 0 Å². The third kappa shape index (κ3) is 19.5. The number of unbranched alkanes of at least 4 members (excludes halogenated alkanes) is 3. The molecule has 0 aliphatic rings. The average Bonchev–Trinajstić information content (AvgIpc) is 2.26. The molecule has 2 atom stereocenters. The van der Waals surface area contributed by atoms with Gasteiger partial charge in [0.2, 0.25) is 0 Å². The van der Waals surface area contributed by atoms with E-state index in [0.29, 0.717) is 12.5 Å². The molecule has 2 N–H and O–H groups in total. The molecule has 0 spiro atoms. The van der Waals surface area contributed by atoms with E-state index in [-0.39, 0.29) is 6.10 Å². The third-order valence-electron chi connectivity index (χ3n) is 2.59. The summed E-state index contributed by atoms with van der Waals surface area (Å²) in [6, 6.07) is 0. The van der Waals surface area contributed by atoms with Gasteiger partial charge in [-0.3, -0.25) is 0 Å². The lowest BCUT2D eigenvalue weighted by atomic mass is 10.1. The fourth-order valence-electron chi connectivity index (χ4n) is 1.33. The van der Waals surface area contributed by atoms with Gasteiger partial charge in [0.25, 0.3) is 0 Å². The monoisotopic (exact) mass is 232 g/mol. The van der Waals surface area contributed by atoms with Gasteiger partial charge in [0, 0.05) is 6.61 Å². The van der Waals surface area contributed by atoms with E-state index in [9.17, 15) is 0 Å². The molecule has 0 aromatic carbocycles. The molecule has 2 nitrogen and oxygen atoms in total. The summed E-state index contributed by atoms with van der Waals surface area (Å²) in [5.41, 5.74) is 0. The number of hydrogen-bond donors (Lipinski definition) is 2. The molecule has 0 aliphatic carbocycles. The lowest BCUT2D eigenvalue weighted by Gasteiger charge is -2.03. The van der Waals surface area contributed by atoms with Crippen LogP contribution in [-0.4, -0.2) is 22.9 Å². The smallest absolute Gasteiger partial charge is 0.0512 e. The van der Waals surface area contributed by atoms with Crippen molar-refractivity contribution in [2.45, 2.75) is 78.7 Å². The summed E-state index contributed by atoms with van der Waals surface area (Å²) in [6.07, 6.45) is 8.21. The van der Waals surface area contributed by atoms with Crippen LogP contribution in [0.5, 0.6) is 0 Å². The van der Waals surface area contributed by atoms with E-state index in [4.69, 9.17) is 10.2 Å². The van der Waals surface area contributed by atoms with Crippen LogP contribution in [0.4, 0.5) is 0 Å². The predicted molar refractivity (Wildman–Crippen MR) is 71.6 cm³/mol. The van der Waals surface area contributed by atoms with Crippen molar-refractivity contribution in [1.82, 2.24) is 0 Å². The van der Waals surface area contributed by atoms with E-state index in [1.165, 1.54) is 38.5 Å². The summed E-state index contributed by atoms with van der Waals surface area (Å²) in [4.78, 5) is 0. The summed E-state index contributed by atoms with van der Waals surface area (Å²) in [6.45, 7) is 8.61. The SMILES string of the molecule is CCCCC(C)CO.CCCCCC(C)O. The number of hydrogen-bond acceptors (Lipinski definition) is 2. The van der Waals surface area contributed by atoms with Gasteiger partial charge in [-0.2, -0.15) is 0 Å². The van der Waals surface area contributed by atoms with Gasteiger partial charge in [-0.1, -0.05) is 52.9 Å². The van der Waals surface area contributed by atoms with Gasteiger partial charge in [0.05, 0.1) is 6.10 Å². The molecule has 0 saturated carbocycles. The minimum Gasteiger partial charge on any atom is -0.396 e. The maximum atomic E-state index is 8.78. The van der Waals surface area contributed by atoms with Crippen LogP contribution in [0.2, 0.25) is 0 Å². The van der Waals surface area contributed by atoms with E-state index in [1.807, 2.05) is 6.92 Å². The summed E-state index contributed by atoms with van der Waals surface area (Å²) in [5.74, 6) is 0.509. The van der Waals surface area contributed by atoms with Gasteiger partial charge >= 0.3 is 0 Å². The highest BCUT2D eigenvalue weighted by atomic mass is 16.3. The normalized spacial score (nSPS) is 13.9. The Balaban J connectivity index is 0. The Labute approximate surface area is 102 Å². The lowest BCUT2D eigenvalue weighted by Crippen LogP contribution is -1.98. The van der Waals surface area contributed by atoms with Gasteiger partial charge in [0.15, 0.2) is 0 Å². The minimum absolute atomic E-state index is 0.0958. The quantitative estimate of drug-likeness (QED) is 0.626. The summed E-state index contributed by atoms with van der Waals surface area (Å²) >= 11 is 0. The van der Waals surface area contributed by atoms with E-state index in [1.54, 1.807) is 0 Å². The molecule has 0 amide bonds. The second-order valence-corrected chi connectivity index (χ2v) is 4.77. The maximum absolute atomic E-state index is 8.78. The standard InChI is InChI=1S/2C7H16O/c1-3-4-5-7(2)6-8;1-3-4-5-6-7(2)8/h2*7-8H,3-6H2,1-2H3. The van der Waals surface area contributed by atoms with Gasteiger partial charge in [-0.25, -0.2) is 0 Å². The Bertz CT molecular complexity index is 113. The zero-order valence-electron chi connectivity index (χ0n) is 11.7. The first kappa shape index (κ1) is 18.3. The molecule has 0 rings (SSSR count). The third-order valence-corrected chi connectivity index (χ3v) is 2.59. The molecule has 16 heavy (non-hydrogen) atoms. The topological polar surface area (TPSA) is 40.5 Å². The molecule has 2 unspecified atom stereocenters. The van der Waals surface area contributed by atoms with Gasteiger partial charge < -0.3 is 10.2 Å². The fourth-order valence-corrected chi connectivity index (χ4v) is 1.33. The molecular weight excluding hydrogens is 200 g/mol. The molecule has 0 heterocycles. The van der Waals surface area contributed by atoms with Crippen molar-refractivity contribution in [2.24, 2.45) is 5.92 Å². The first-order valence-corrected chi connectivity index (χ1v) is 6.87. The molecule has 0 fully saturated rings. The van der Waals surface area contributed by atoms with E-state index in [0.717, 1.165) is 6.42 Å². The Hall–Kier alpha value is -0.0800. The summed E-state index contributed by atoms with van der Waals surface area (Å²) in [5, 5.41) is 17.3. The zero-order chi connectivity index (χ0) is 12.8. The second-order valence-electron chi connectivity index (χ2n) is 4.77. The number of aliphatic hydroxyl groups excluding tert-OH is 2. The Morgan fingerprint density at radius 1 is 0.875 bits per heavy atom. The van der Waals surface area contributed by atoms with Crippen molar-refractivity contribution >= 4 is 0 Å². The molecule has 100 valence electrons. The largest absolute Gasteiger partial charge is 0.396 e. The van der Waals surface area contributed by atoms with Crippen molar-refractivity contribution in [3.8, 4) is 0 Å². The molecule has 0 aliphatic heterocycles. The zero-order valence-corrected chi connectivity index (χ0v) is 11.7. The van der Waals surface area contributed by atoms with Crippen LogP contribution in [0.1, 0.15) is 72.6 Å². The molecule has 0 aromatic heterocycles. The molecule has 0 bridgehead atoms. The average molecular weight is 232 g/mol. The second kappa shape index (κ2) is 14.9. The highest BCUT2D eigenvalue weighted by Crippen LogP contribution is 2.05. The van der Waals surface area contributed by atoms with Crippen LogP contribution in [0.15, 0.2) is 0 Å². The molecule has 0 aromatic rings. The van der Waals surface area contributed by atoms with Crippen LogP contribution in [0, 0.1) is 5.92 Å². The van der Waals surface area contributed by atoms with E-state index < -0.39 is 0 Å². The predicted octanol–water partition coefficient (Wildman–Crippen LogP) is 3.75.